The van der Waals surface area contributed by atoms with Gasteiger partial charge in [-0.25, -0.2) is 0 Å². The van der Waals surface area contributed by atoms with Gasteiger partial charge in [0, 0.05) is 11.7 Å². The van der Waals surface area contributed by atoms with Crippen molar-refractivity contribution in [3.63, 3.8) is 0 Å². The minimum Gasteiger partial charge on any atom is -0.398 e. The number of nitrogen functional groups attached to an aromatic ring is 1. The van der Waals surface area contributed by atoms with E-state index in [2.05, 4.69) is 0 Å². The standard InChI is InChI=1S/C8H12N2.C2H6/c1-6(9)7-4-2-3-5-8(7)10;1-2/h2-6H,9-10H2,1H3;1-2H3. The maximum Gasteiger partial charge on any atom is 0.0362 e. The summed E-state index contributed by atoms with van der Waals surface area (Å²) in [5, 5.41) is 0. The Morgan fingerprint density at radius 2 is 1.67 bits per heavy atom. The number of benzene rings is 1. The zero-order chi connectivity index (χ0) is 9.56. The van der Waals surface area contributed by atoms with E-state index in [1.54, 1.807) is 0 Å². The van der Waals surface area contributed by atoms with E-state index in [0.717, 1.165) is 11.3 Å². The van der Waals surface area contributed by atoms with E-state index >= 15 is 0 Å². The van der Waals surface area contributed by atoms with Crippen LogP contribution in [0, 0.1) is 0 Å². The van der Waals surface area contributed by atoms with E-state index in [4.69, 9.17) is 11.5 Å². The van der Waals surface area contributed by atoms with E-state index in [0.29, 0.717) is 0 Å². The van der Waals surface area contributed by atoms with Crippen LogP contribution in [0.15, 0.2) is 24.3 Å². The molecule has 1 rings (SSSR count). The molecule has 2 heteroatoms. The molecule has 0 aromatic heterocycles. The Labute approximate surface area is 74.6 Å². The van der Waals surface area contributed by atoms with Gasteiger partial charge in [-0.2, -0.15) is 0 Å². The highest BCUT2D eigenvalue weighted by molar-refractivity contribution is 5.47. The lowest BCUT2D eigenvalue weighted by Crippen LogP contribution is -2.07. The fraction of sp³-hybridized carbons (Fsp3) is 0.400. The van der Waals surface area contributed by atoms with Crippen LogP contribution in [0.1, 0.15) is 32.4 Å². The summed E-state index contributed by atoms with van der Waals surface area (Å²) in [5.74, 6) is 0. The van der Waals surface area contributed by atoms with Crippen molar-refractivity contribution in [3.8, 4) is 0 Å². The Hall–Kier alpha value is -1.02. The zero-order valence-corrected chi connectivity index (χ0v) is 8.04. The summed E-state index contributed by atoms with van der Waals surface area (Å²) in [7, 11) is 0. The first-order chi connectivity index (χ1) is 5.72. The third-order valence-corrected chi connectivity index (χ3v) is 1.49. The lowest BCUT2D eigenvalue weighted by atomic mass is 10.1. The molecule has 0 aliphatic carbocycles. The summed E-state index contributed by atoms with van der Waals surface area (Å²) < 4.78 is 0. The lowest BCUT2D eigenvalue weighted by Gasteiger charge is -2.07. The molecule has 0 heterocycles. The van der Waals surface area contributed by atoms with Crippen LogP contribution in [-0.4, -0.2) is 0 Å². The fourth-order valence-corrected chi connectivity index (χ4v) is 0.926. The summed E-state index contributed by atoms with van der Waals surface area (Å²) in [6, 6.07) is 7.68. The van der Waals surface area contributed by atoms with Gasteiger partial charge in [0.15, 0.2) is 0 Å². The Bertz CT molecular complexity index is 219. The van der Waals surface area contributed by atoms with Crippen LogP contribution in [0.2, 0.25) is 0 Å². The van der Waals surface area contributed by atoms with Gasteiger partial charge in [0.2, 0.25) is 0 Å². The first kappa shape index (κ1) is 11.0. The van der Waals surface area contributed by atoms with E-state index in [9.17, 15) is 0 Å². The number of nitrogens with two attached hydrogens (primary N) is 2. The molecule has 0 bridgehead atoms. The second-order valence-corrected chi connectivity index (χ2v) is 2.42. The zero-order valence-electron chi connectivity index (χ0n) is 8.04. The summed E-state index contributed by atoms with van der Waals surface area (Å²) in [6.45, 7) is 5.92. The Kier molecular flexibility index (Phi) is 5.13. The predicted octanol–water partition coefficient (Wildman–Crippen LogP) is 2.31. The maximum absolute atomic E-state index is 5.64. The van der Waals surface area contributed by atoms with Crippen LogP contribution < -0.4 is 11.5 Å². The van der Waals surface area contributed by atoms with Crippen molar-refractivity contribution in [2.75, 3.05) is 5.73 Å². The van der Waals surface area contributed by atoms with Crippen LogP contribution in [0.5, 0.6) is 0 Å². The molecule has 0 saturated heterocycles. The molecule has 1 aromatic carbocycles. The largest absolute Gasteiger partial charge is 0.398 e. The normalized spacial score (nSPS) is 11.3. The first-order valence-electron chi connectivity index (χ1n) is 4.32. The van der Waals surface area contributed by atoms with Crippen LogP contribution >= 0.6 is 0 Å². The Morgan fingerprint density at radius 1 is 1.17 bits per heavy atom. The Morgan fingerprint density at radius 3 is 2.00 bits per heavy atom. The van der Waals surface area contributed by atoms with Crippen molar-refractivity contribution in [2.45, 2.75) is 26.8 Å². The molecule has 0 aliphatic heterocycles. The van der Waals surface area contributed by atoms with Gasteiger partial charge >= 0.3 is 0 Å². The second-order valence-electron chi connectivity index (χ2n) is 2.42. The number of rotatable bonds is 1. The SMILES string of the molecule is CC.CC(N)c1ccccc1N. The van der Waals surface area contributed by atoms with Crippen molar-refractivity contribution >= 4 is 5.69 Å². The monoisotopic (exact) mass is 166 g/mol. The predicted molar refractivity (Wildman–Crippen MR) is 54.8 cm³/mol. The van der Waals surface area contributed by atoms with Crippen molar-refractivity contribution in [1.29, 1.82) is 0 Å². The van der Waals surface area contributed by atoms with Gasteiger partial charge in [0.05, 0.1) is 0 Å². The van der Waals surface area contributed by atoms with Gasteiger partial charge in [0.25, 0.3) is 0 Å². The van der Waals surface area contributed by atoms with Crippen LogP contribution in [0.3, 0.4) is 0 Å². The molecule has 2 nitrogen and oxygen atoms in total. The molecule has 1 aromatic rings. The summed E-state index contributed by atoms with van der Waals surface area (Å²) in [4.78, 5) is 0. The van der Waals surface area contributed by atoms with E-state index < -0.39 is 0 Å². The quantitative estimate of drug-likeness (QED) is 0.629. The van der Waals surface area contributed by atoms with E-state index in [1.165, 1.54) is 0 Å². The molecular weight excluding hydrogens is 148 g/mol. The molecule has 0 amide bonds. The van der Waals surface area contributed by atoms with Gasteiger partial charge in [-0.05, 0) is 18.6 Å². The summed E-state index contributed by atoms with van der Waals surface area (Å²) in [5.41, 5.74) is 13.1. The number of hydrogen-bond donors (Lipinski definition) is 2. The van der Waals surface area contributed by atoms with Crippen LogP contribution in [-0.2, 0) is 0 Å². The number of hydrogen-bond acceptors (Lipinski definition) is 2. The highest BCUT2D eigenvalue weighted by Gasteiger charge is 2.00. The molecule has 0 fully saturated rings. The first-order valence-corrected chi connectivity index (χ1v) is 4.32. The van der Waals surface area contributed by atoms with Gasteiger partial charge in [-0.1, -0.05) is 32.0 Å². The lowest BCUT2D eigenvalue weighted by molar-refractivity contribution is 0.821. The molecule has 68 valence electrons. The van der Waals surface area contributed by atoms with Crippen LogP contribution in [0.4, 0.5) is 5.69 Å². The number of anilines is 1. The topological polar surface area (TPSA) is 52.0 Å². The molecule has 0 saturated carbocycles. The molecule has 1 unspecified atom stereocenters. The van der Waals surface area contributed by atoms with Gasteiger partial charge in [-0.15, -0.1) is 0 Å². The van der Waals surface area contributed by atoms with Crippen molar-refractivity contribution < 1.29 is 0 Å². The minimum absolute atomic E-state index is 0.0289. The van der Waals surface area contributed by atoms with Gasteiger partial charge in [0.1, 0.15) is 0 Å². The average molecular weight is 166 g/mol. The van der Waals surface area contributed by atoms with E-state index in [-0.39, 0.29) is 6.04 Å². The minimum atomic E-state index is 0.0289. The van der Waals surface area contributed by atoms with Crippen molar-refractivity contribution in [1.82, 2.24) is 0 Å². The molecular formula is C10H18N2. The third-order valence-electron chi connectivity index (χ3n) is 1.49. The average Bonchev–Trinajstić information content (AvgIpc) is 2.08. The highest BCUT2D eigenvalue weighted by atomic mass is 14.6. The summed E-state index contributed by atoms with van der Waals surface area (Å²) in [6.07, 6.45) is 0. The Balaban J connectivity index is 0.000000561. The molecule has 12 heavy (non-hydrogen) atoms. The summed E-state index contributed by atoms with van der Waals surface area (Å²) >= 11 is 0. The van der Waals surface area contributed by atoms with E-state index in [1.807, 2.05) is 45.0 Å². The smallest absolute Gasteiger partial charge is 0.0362 e. The molecule has 0 spiro atoms. The third kappa shape index (κ3) is 2.93. The fourth-order valence-electron chi connectivity index (χ4n) is 0.926. The highest BCUT2D eigenvalue weighted by Crippen LogP contribution is 2.16. The van der Waals surface area contributed by atoms with Gasteiger partial charge < -0.3 is 11.5 Å². The molecule has 0 radical (unpaired) electrons. The van der Waals surface area contributed by atoms with Crippen molar-refractivity contribution in [2.24, 2.45) is 5.73 Å². The number of para-hydroxylation sites is 1. The van der Waals surface area contributed by atoms with Crippen molar-refractivity contribution in [3.05, 3.63) is 29.8 Å². The second kappa shape index (κ2) is 5.61. The molecule has 4 N–H and O–H groups in total. The molecule has 1 atom stereocenters. The van der Waals surface area contributed by atoms with Gasteiger partial charge in [-0.3, -0.25) is 0 Å². The van der Waals surface area contributed by atoms with Crippen LogP contribution in [0.25, 0.3) is 0 Å². The maximum atomic E-state index is 5.64. The molecule has 0 aliphatic rings.